The van der Waals surface area contributed by atoms with E-state index >= 15 is 0 Å². The van der Waals surface area contributed by atoms with E-state index in [9.17, 15) is 9.59 Å². The van der Waals surface area contributed by atoms with Gasteiger partial charge in [0.1, 0.15) is 0 Å². The lowest BCUT2D eigenvalue weighted by Crippen LogP contribution is -2.36. The van der Waals surface area contributed by atoms with E-state index in [0.29, 0.717) is 11.5 Å². The van der Waals surface area contributed by atoms with Gasteiger partial charge in [-0.15, -0.1) is 0 Å². The van der Waals surface area contributed by atoms with Crippen LogP contribution >= 0.6 is 0 Å². The topological polar surface area (TPSA) is 43.4 Å². The molecule has 0 saturated carbocycles. The first-order valence-corrected chi connectivity index (χ1v) is 6.28. The quantitative estimate of drug-likeness (QED) is 0.462. The van der Waals surface area contributed by atoms with Crippen LogP contribution in [0.25, 0.3) is 0 Å². The van der Waals surface area contributed by atoms with Gasteiger partial charge in [-0.05, 0) is 25.3 Å². The molecule has 0 saturated heterocycles. The number of esters is 1. The maximum atomic E-state index is 12.3. The van der Waals surface area contributed by atoms with Crippen molar-refractivity contribution < 1.29 is 14.3 Å². The third kappa shape index (κ3) is 3.78. The van der Waals surface area contributed by atoms with Gasteiger partial charge in [-0.25, -0.2) is 4.79 Å². The summed E-state index contributed by atoms with van der Waals surface area (Å²) >= 11 is 0. The predicted molar refractivity (Wildman–Crippen MR) is 75.2 cm³/mol. The first kappa shape index (κ1) is 15.2. The first-order chi connectivity index (χ1) is 8.77. The average Bonchev–Trinajstić information content (AvgIpc) is 2.37. The van der Waals surface area contributed by atoms with Gasteiger partial charge in [0, 0.05) is 11.6 Å². The highest BCUT2D eigenvalue weighted by Crippen LogP contribution is 2.20. The second-order valence-electron chi connectivity index (χ2n) is 5.24. The highest BCUT2D eigenvalue weighted by Gasteiger charge is 2.32. The van der Waals surface area contributed by atoms with E-state index < -0.39 is 11.6 Å². The number of carbonyl (C=O) groups is 2. The maximum Gasteiger partial charge on any atom is 0.331 e. The van der Waals surface area contributed by atoms with Crippen molar-refractivity contribution >= 4 is 11.8 Å². The van der Waals surface area contributed by atoms with Crippen molar-refractivity contribution in [3.05, 3.63) is 48.0 Å². The molecule has 0 radical (unpaired) electrons. The molecule has 1 aromatic carbocycles. The fourth-order valence-electron chi connectivity index (χ4n) is 1.71. The molecular weight excluding hydrogens is 240 g/mol. The van der Waals surface area contributed by atoms with E-state index in [1.54, 1.807) is 26.0 Å². The molecule has 0 atom stereocenters. The summed E-state index contributed by atoms with van der Waals surface area (Å²) in [6.45, 7) is 10.7. The molecule has 1 rings (SSSR count). The van der Waals surface area contributed by atoms with E-state index in [4.69, 9.17) is 4.74 Å². The number of rotatable bonds is 5. The number of carbonyl (C=O) groups excluding carboxylic acids is 2. The molecule has 3 heteroatoms. The highest BCUT2D eigenvalue weighted by atomic mass is 16.6. The van der Waals surface area contributed by atoms with Gasteiger partial charge < -0.3 is 4.74 Å². The Morgan fingerprint density at radius 2 is 1.74 bits per heavy atom. The zero-order valence-corrected chi connectivity index (χ0v) is 11.9. The van der Waals surface area contributed by atoms with Crippen molar-refractivity contribution in [2.45, 2.75) is 39.2 Å². The van der Waals surface area contributed by atoms with Crippen LogP contribution < -0.4 is 0 Å². The fraction of sp³-hybridized carbons (Fsp3) is 0.375. The van der Waals surface area contributed by atoms with E-state index in [2.05, 4.69) is 20.4 Å². The number of benzene rings is 1. The highest BCUT2D eigenvalue weighted by molar-refractivity contribution is 6.03. The Hall–Kier alpha value is -1.90. The third-order valence-corrected chi connectivity index (χ3v) is 2.91. The molecule has 0 aliphatic carbocycles. The number of ketones is 1. The van der Waals surface area contributed by atoms with Crippen molar-refractivity contribution in [1.82, 2.24) is 0 Å². The Morgan fingerprint density at radius 1 is 1.21 bits per heavy atom. The van der Waals surface area contributed by atoms with Crippen molar-refractivity contribution in [1.29, 1.82) is 0 Å². The second-order valence-corrected chi connectivity index (χ2v) is 5.24. The summed E-state index contributed by atoms with van der Waals surface area (Å²) in [6.07, 6.45) is 1.05. The zero-order chi connectivity index (χ0) is 14.6. The van der Waals surface area contributed by atoms with Gasteiger partial charge >= 0.3 is 5.97 Å². The summed E-state index contributed by atoms with van der Waals surface area (Å²) in [6, 6.07) is 7.37. The van der Waals surface area contributed by atoms with Crippen LogP contribution in [0.1, 0.15) is 49.5 Å². The first-order valence-electron chi connectivity index (χ1n) is 6.28. The molecule has 0 spiro atoms. The normalized spacial score (nSPS) is 11.2. The average molecular weight is 260 g/mol. The molecule has 0 aliphatic heterocycles. The number of hydrogen-bond donors (Lipinski definition) is 0. The molecule has 3 nitrogen and oxygen atoms in total. The van der Waals surface area contributed by atoms with Crippen LogP contribution in [-0.2, 0) is 9.53 Å². The summed E-state index contributed by atoms with van der Waals surface area (Å²) in [5.74, 6) is -0.411. The zero-order valence-electron chi connectivity index (χ0n) is 11.9. The number of hydrogen-bond acceptors (Lipinski definition) is 3. The summed E-state index contributed by atoms with van der Waals surface area (Å²) < 4.78 is 5.07. The Bertz CT molecular complexity index is 481. The minimum absolute atomic E-state index is 0.224. The molecule has 0 bridgehead atoms. The number of ether oxygens (including phenoxy) is 1. The van der Waals surface area contributed by atoms with E-state index in [-0.39, 0.29) is 5.78 Å². The van der Waals surface area contributed by atoms with E-state index in [1.807, 2.05) is 12.1 Å². The Balaban J connectivity index is 2.93. The van der Waals surface area contributed by atoms with Crippen LogP contribution in [0.15, 0.2) is 36.9 Å². The molecule has 1 aromatic rings. The monoisotopic (exact) mass is 260 g/mol. The molecule has 0 heterocycles. The van der Waals surface area contributed by atoms with Gasteiger partial charge in [-0.2, -0.15) is 0 Å². The van der Waals surface area contributed by atoms with Crippen LogP contribution in [0.3, 0.4) is 0 Å². The summed E-state index contributed by atoms with van der Waals surface area (Å²) in [7, 11) is 0. The predicted octanol–water partition coefficient (Wildman–Crippen LogP) is 3.50. The summed E-state index contributed by atoms with van der Waals surface area (Å²) in [4.78, 5) is 23.5. The third-order valence-electron chi connectivity index (χ3n) is 2.91. The van der Waals surface area contributed by atoms with Crippen molar-refractivity contribution in [2.24, 2.45) is 0 Å². The Labute approximate surface area is 114 Å². The van der Waals surface area contributed by atoms with Gasteiger partial charge in [0.25, 0.3) is 0 Å². The second kappa shape index (κ2) is 5.83. The van der Waals surface area contributed by atoms with Crippen molar-refractivity contribution in [2.75, 3.05) is 0 Å². The molecule has 0 fully saturated rings. The molecule has 0 aliphatic rings. The van der Waals surface area contributed by atoms with Gasteiger partial charge in [0.2, 0.25) is 5.78 Å². The van der Waals surface area contributed by atoms with Crippen LogP contribution in [0, 0.1) is 0 Å². The molecule has 0 amide bonds. The van der Waals surface area contributed by atoms with E-state index in [1.165, 1.54) is 0 Å². The van der Waals surface area contributed by atoms with Gasteiger partial charge in [0.15, 0.2) is 5.60 Å². The summed E-state index contributed by atoms with van der Waals surface area (Å²) in [5.41, 5.74) is 0.508. The fourth-order valence-corrected chi connectivity index (χ4v) is 1.71. The van der Waals surface area contributed by atoms with Gasteiger partial charge in [0.05, 0.1) is 0 Å². The molecular formula is C16H20O3. The standard InChI is InChI=1S/C16H20O3/c1-6-14(17)19-16(4,5)15(18)13-9-7-12(8-10-13)11(2)3/h6-11H,1H2,2-5H3. The molecule has 19 heavy (non-hydrogen) atoms. The molecule has 102 valence electrons. The smallest absolute Gasteiger partial charge is 0.331 e. The summed E-state index contributed by atoms with van der Waals surface area (Å²) in [5, 5.41) is 0. The van der Waals surface area contributed by atoms with Crippen molar-refractivity contribution in [3.8, 4) is 0 Å². The Kier molecular flexibility index (Phi) is 4.65. The van der Waals surface area contributed by atoms with Crippen LogP contribution in [0.2, 0.25) is 0 Å². The molecule has 0 N–H and O–H groups in total. The van der Waals surface area contributed by atoms with Crippen LogP contribution in [0.4, 0.5) is 0 Å². The van der Waals surface area contributed by atoms with Gasteiger partial charge in [-0.3, -0.25) is 4.79 Å². The minimum atomic E-state index is -1.19. The lowest BCUT2D eigenvalue weighted by molar-refractivity contribution is -0.146. The SMILES string of the molecule is C=CC(=O)OC(C)(C)C(=O)c1ccc(C(C)C)cc1. The largest absolute Gasteiger partial charge is 0.448 e. The lowest BCUT2D eigenvalue weighted by Gasteiger charge is -2.23. The minimum Gasteiger partial charge on any atom is -0.448 e. The number of Topliss-reactive ketones (excluding diaryl/α,β-unsaturated/α-hetero) is 1. The Morgan fingerprint density at radius 3 is 2.16 bits per heavy atom. The lowest BCUT2D eigenvalue weighted by atomic mass is 9.94. The molecule has 0 unspecified atom stereocenters. The maximum absolute atomic E-state index is 12.3. The van der Waals surface area contributed by atoms with Gasteiger partial charge in [-0.1, -0.05) is 44.7 Å². The van der Waals surface area contributed by atoms with Crippen LogP contribution in [0.5, 0.6) is 0 Å². The van der Waals surface area contributed by atoms with E-state index in [0.717, 1.165) is 11.6 Å². The van der Waals surface area contributed by atoms with Crippen molar-refractivity contribution in [3.63, 3.8) is 0 Å². The molecule has 0 aromatic heterocycles. The van der Waals surface area contributed by atoms with Crippen LogP contribution in [-0.4, -0.2) is 17.4 Å².